The van der Waals surface area contributed by atoms with Gasteiger partial charge in [-0.3, -0.25) is 4.79 Å². The minimum Gasteiger partial charge on any atom is -0.464 e. The van der Waals surface area contributed by atoms with Crippen LogP contribution in [0.2, 0.25) is 0 Å². The van der Waals surface area contributed by atoms with Crippen LogP contribution in [-0.4, -0.2) is 18.5 Å². The molecule has 0 aliphatic carbocycles. The molecule has 0 saturated heterocycles. The number of ether oxygens (including phenoxy) is 2. The Balaban J connectivity index is 1.86. The molecule has 0 aromatic heterocycles. The van der Waals surface area contributed by atoms with Gasteiger partial charge in [-0.25, -0.2) is 4.79 Å². The molecule has 0 atom stereocenters. The second-order valence-electron chi connectivity index (χ2n) is 5.28. The topological polar surface area (TPSA) is 64.6 Å². The molecule has 0 saturated carbocycles. The van der Waals surface area contributed by atoms with Crippen molar-refractivity contribution in [2.45, 2.75) is 6.92 Å². The summed E-state index contributed by atoms with van der Waals surface area (Å²) in [6, 6.07) is 14.2. The molecule has 2 aromatic carbocycles. The standard InChI is InChI=1S/C20H17NO4/c1-2-24-20(23)16-8-4-5-9-17(16)21-19(22)15-11-12-25-18-10-6-3-7-14(18)13-15/h3-13H,2H2,1H3,(H,21,22). The molecule has 1 aliphatic rings. The molecule has 5 heteroatoms. The highest BCUT2D eigenvalue weighted by molar-refractivity contribution is 6.11. The molecule has 3 rings (SSSR count). The number of nitrogens with one attached hydrogen (secondary N) is 1. The molecule has 0 bridgehead atoms. The summed E-state index contributed by atoms with van der Waals surface area (Å²) in [6.07, 6.45) is 4.79. The number of carbonyl (C=O) groups is 2. The maximum absolute atomic E-state index is 12.6. The molecule has 25 heavy (non-hydrogen) atoms. The zero-order valence-electron chi connectivity index (χ0n) is 13.7. The number of benzene rings is 2. The molecule has 1 amide bonds. The molecule has 0 spiro atoms. The van der Waals surface area contributed by atoms with Gasteiger partial charge in [-0.2, -0.15) is 0 Å². The summed E-state index contributed by atoms with van der Waals surface area (Å²) in [4.78, 5) is 24.6. The first kappa shape index (κ1) is 16.5. The van der Waals surface area contributed by atoms with E-state index in [0.717, 1.165) is 5.56 Å². The van der Waals surface area contributed by atoms with Gasteiger partial charge in [0.1, 0.15) is 5.75 Å². The molecule has 0 fully saturated rings. The van der Waals surface area contributed by atoms with Crippen LogP contribution in [0, 0.1) is 0 Å². The van der Waals surface area contributed by atoms with E-state index in [1.54, 1.807) is 43.3 Å². The summed E-state index contributed by atoms with van der Waals surface area (Å²) >= 11 is 0. The first-order chi connectivity index (χ1) is 12.2. The van der Waals surface area contributed by atoms with Gasteiger partial charge in [0, 0.05) is 11.1 Å². The van der Waals surface area contributed by atoms with E-state index < -0.39 is 5.97 Å². The number of para-hydroxylation sites is 2. The van der Waals surface area contributed by atoms with Crippen LogP contribution in [-0.2, 0) is 9.53 Å². The van der Waals surface area contributed by atoms with E-state index in [4.69, 9.17) is 9.47 Å². The Morgan fingerprint density at radius 3 is 2.68 bits per heavy atom. The molecule has 1 heterocycles. The number of amides is 1. The predicted molar refractivity (Wildman–Crippen MR) is 95.2 cm³/mol. The van der Waals surface area contributed by atoms with Crippen LogP contribution in [0.4, 0.5) is 5.69 Å². The summed E-state index contributed by atoms with van der Waals surface area (Å²) in [7, 11) is 0. The summed E-state index contributed by atoms with van der Waals surface area (Å²) in [6.45, 7) is 2.00. The Bertz CT molecular complexity index is 868. The van der Waals surface area contributed by atoms with Gasteiger partial charge < -0.3 is 14.8 Å². The highest BCUT2D eigenvalue weighted by atomic mass is 16.5. The Morgan fingerprint density at radius 1 is 1.08 bits per heavy atom. The van der Waals surface area contributed by atoms with Crippen LogP contribution in [0.25, 0.3) is 6.08 Å². The molecular formula is C20H17NO4. The summed E-state index contributed by atoms with van der Waals surface area (Å²) in [5.41, 5.74) is 1.94. The van der Waals surface area contributed by atoms with Gasteiger partial charge >= 0.3 is 5.97 Å². The Labute approximate surface area is 145 Å². The van der Waals surface area contributed by atoms with Gasteiger partial charge in [0.05, 0.1) is 24.1 Å². The fraction of sp³-hybridized carbons (Fsp3) is 0.100. The van der Waals surface area contributed by atoms with Crippen molar-refractivity contribution in [3.8, 4) is 5.75 Å². The summed E-state index contributed by atoms with van der Waals surface area (Å²) in [5.74, 6) is -0.140. The van der Waals surface area contributed by atoms with Gasteiger partial charge in [0.15, 0.2) is 0 Å². The average molecular weight is 335 g/mol. The van der Waals surface area contributed by atoms with Gasteiger partial charge in [0.2, 0.25) is 0 Å². The van der Waals surface area contributed by atoms with Crippen LogP contribution in [0.1, 0.15) is 22.8 Å². The van der Waals surface area contributed by atoms with Gasteiger partial charge in [-0.1, -0.05) is 30.3 Å². The summed E-state index contributed by atoms with van der Waals surface area (Å²) < 4.78 is 10.5. The third-order valence-electron chi connectivity index (χ3n) is 3.61. The van der Waals surface area contributed by atoms with Crippen molar-refractivity contribution < 1.29 is 19.1 Å². The van der Waals surface area contributed by atoms with Gasteiger partial charge in [-0.05, 0) is 37.3 Å². The Hall–Kier alpha value is -3.34. The maximum atomic E-state index is 12.6. The molecule has 126 valence electrons. The first-order valence-electron chi connectivity index (χ1n) is 7.90. The lowest BCUT2D eigenvalue weighted by atomic mass is 10.1. The minimum atomic E-state index is -0.475. The molecule has 0 unspecified atom stereocenters. The van der Waals surface area contributed by atoms with E-state index in [2.05, 4.69) is 5.32 Å². The highest BCUT2D eigenvalue weighted by Crippen LogP contribution is 2.25. The van der Waals surface area contributed by atoms with E-state index in [1.165, 1.54) is 6.26 Å². The van der Waals surface area contributed by atoms with Crippen molar-refractivity contribution in [3.63, 3.8) is 0 Å². The largest absolute Gasteiger partial charge is 0.464 e. The first-order valence-corrected chi connectivity index (χ1v) is 7.90. The van der Waals surface area contributed by atoms with Crippen molar-refractivity contribution in [1.29, 1.82) is 0 Å². The maximum Gasteiger partial charge on any atom is 0.340 e. The normalized spacial score (nSPS) is 12.3. The molecular weight excluding hydrogens is 318 g/mol. The number of carbonyl (C=O) groups excluding carboxylic acids is 2. The summed E-state index contributed by atoms with van der Waals surface area (Å²) in [5, 5.41) is 2.76. The molecule has 5 nitrogen and oxygen atoms in total. The van der Waals surface area contributed by atoms with Crippen LogP contribution in [0.15, 0.2) is 66.4 Å². The number of rotatable bonds is 4. The average Bonchev–Trinajstić information content (AvgIpc) is 2.85. The second-order valence-corrected chi connectivity index (χ2v) is 5.28. The fourth-order valence-electron chi connectivity index (χ4n) is 2.42. The smallest absolute Gasteiger partial charge is 0.340 e. The predicted octanol–water partition coefficient (Wildman–Crippen LogP) is 3.79. The molecule has 2 aromatic rings. The minimum absolute atomic E-state index is 0.267. The zero-order valence-corrected chi connectivity index (χ0v) is 13.7. The van der Waals surface area contributed by atoms with Crippen molar-refractivity contribution in [3.05, 3.63) is 77.6 Å². The van der Waals surface area contributed by atoms with Gasteiger partial charge in [-0.15, -0.1) is 0 Å². The van der Waals surface area contributed by atoms with Crippen molar-refractivity contribution >= 4 is 23.6 Å². The molecule has 1 N–H and O–H groups in total. The van der Waals surface area contributed by atoms with Crippen LogP contribution in [0.3, 0.4) is 0 Å². The van der Waals surface area contributed by atoms with Crippen molar-refractivity contribution in [1.82, 2.24) is 0 Å². The lowest BCUT2D eigenvalue weighted by Gasteiger charge is -2.10. The van der Waals surface area contributed by atoms with Crippen LogP contribution in [0.5, 0.6) is 5.75 Å². The molecule has 0 radical (unpaired) electrons. The van der Waals surface area contributed by atoms with Crippen molar-refractivity contribution in [2.75, 3.05) is 11.9 Å². The number of anilines is 1. The lowest BCUT2D eigenvalue weighted by molar-refractivity contribution is -0.112. The Morgan fingerprint density at radius 2 is 1.84 bits per heavy atom. The lowest BCUT2D eigenvalue weighted by Crippen LogP contribution is -2.16. The number of esters is 1. The van der Waals surface area contributed by atoms with E-state index in [1.807, 2.05) is 24.3 Å². The third kappa shape index (κ3) is 3.77. The fourth-order valence-corrected chi connectivity index (χ4v) is 2.42. The van der Waals surface area contributed by atoms with E-state index in [-0.39, 0.29) is 12.5 Å². The van der Waals surface area contributed by atoms with E-state index in [9.17, 15) is 9.59 Å². The third-order valence-corrected chi connectivity index (χ3v) is 3.61. The van der Waals surface area contributed by atoms with Crippen LogP contribution < -0.4 is 10.1 Å². The van der Waals surface area contributed by atoms with Crippen molar-refractivity contribution in [2.24, 2.45) is 0 Å². The molecule has 1 aliphatic heterocycles. The Kier molecular flexibility index (Phi) is 4.95. The number of fused-ring (bicyclic) bond motifs is 1. The van der Waals surface area contributed by atoms with E-state index >= 15 is 0 Å². The monoisotopic (exact) mass is 335 g/mol. The highest BCUT2D eigenvalue weighted by Gasteiger charge is 2.16. The van der Waals surface area contributed by atoms with Crippen LogP contribution >= 0.6 is 0 Å². The number of hydrogen-bond donors (Lipinski definition) is 1. The van der Waals surface area contributed by atoms with Gasteiger partial charge in [0.25, 0.3) is 5.91 Å². The SMILES string of the molecule is CCOC(=O)c1ccccc1NC(=O)C1=Cc2ccccc2OC=C1. The number of hydrogen-bond acceptors (Lipinski definition) is 4. The second kappa shape index (κ2) is 7.49. The zero-order chi connectivity index (χ0) is 17.6. The van der Waals surface area contributed by atoms with E-state index in [0.29, 0.717) is 22.6 Å². The quantitative estimate of drug-likeness (QED) is 0.863.